The number of rotatable bonds is 7. The van der Waals surface area contributed by atoms with Gasteiger partial charge in [-0.15, -0.1) is 0 Å². The topological polar surface area (TPSA) is 128 Å². The molecule has 2 aromatic carbocycles. The summed E-state index contributed by atoms with van der Waals surface area (Å²) in [5.74, 6) is -1.98. The number of carbonyl (C=O) groups excluding carboxylic acids is 3. The number of nitrogens with one attached hydrogen (secondary N) is 2. The van der Waals surface area contributed by atoms with Gasteiger partial charge in [0.15, 0.2) is 6.10 Å². The summed E-state index contributed by atoms with van der Waals surface area (Å²) < 4.78 is 4.98. The second-order valence-electron chi connectivity index (χ2n) is 6.38. The molecule has 1 atom stereocenters. The van der Waals surface area contributed by atoms with Gasteiger partial charge >= 0.3 is 5.97 Å². The van der Waals surface area contributed by atoms with Crippen LogP contribution in [0.5, 0.6) is 0 Å². The lowest BCUT2D eigenvalue weighted by Crippen LogP contribution is -2.36. The molecule has 0 bridgehead atoms. The second kappa shape index (κ2) is 9.45. The standard InChI is InChI=1S/C20H21N3O6/c1-12-8-9-15(10-13(12)2)20(26)21-11-18(24)29-14(3)19(25)22-16-6-4-5-7-17(16)23(27)28/h4-10,14H,11H2,1-3H3,(H,21,26)(H,22,25)/t14-/m1/s1. The molecule has 0 saturated carbocycles. The van der Waals surface area contributed by atoms with Gasteiger partial charge in [-0.2, -0.15) is 0 Å². The summed E-state index contributed by atoms with van der Waals surface area (Å²) in [4.78, 5) is 46.5. The van der Waals surface area contributed by atoms with Crippen molar-refractivity contribution in [1.29, 1.82) is 0 Å². The molecule has 0 aromatic heterocycles. The average Bonchev–Trinajstić information content (AvgIpc) is 2.68. The normalized spacial score (nSPS) is 11.3. The fourth-order valence-corrected chi connectivity index (χ4v) is 2.40. The zero-order valence-electron chi connectivity index (χ0n) is 16.2. The fraction of sp³-hybridized carbons (Fsp3) is 0.250. The van der Waals surface area contributed by atoms with E-state index in [1.165, 1.54) is 31.2 Å². The summed E-state index contributed by atoms with van der Waals surface area (Å²) >= 11 is 0. The summed E-state index contributed by atoms with van der Waals surface area (Å²) in [6.45, 7) is 4.70. The molecule has 0 fully saturated rings. The molecule has 0 aliphatic carbocycles. The van der Waals surface area contributed by atoms with Gasteiger partial charge < -0.3 is 15.4 Å². The Bertz CT molecular complexity index is 957. The molecular weight excluding hydrogens is 378 g/mol. The minimum Gasteiger partial charge on any atom is -0.451 e. The molecule has 0 radical (unpaired) electrons. The first-order valence-corrected chi connectivity index (χ1v) is 8.78. The van der Waals surface area contributed by atoms with Crippen molar-refractivity contribution in [2.24, 2.45) is 0 Å². The van der Waals surface area contributed by atoms with Gasteiger partial charge in [0.25, 0.3) is 17.5 Å². The summed E-state index contributed by atoms with van der Waals surface area (Å²) in [7, 11) is 0. The quantitative estimate of drug-likeness (QED) is 0.418. The average molecular weight is 399 g/mol. The zero-order chi connectivity index (χ0) is 21.6. The fourth-order valence-electron chi connectivity index (χ4n) is 2.40. The third-order valence-corrected chi connectivity index (χ3v) is 4.20. The van der Waals surface area contributed by atoms with Crippen molar-refractivity contribution in [3.05, 3.63) is 69.3 Å². The third-order valence-electron chi connectivity index (χ3n) is 4.20. The highest BCUT2D eigenvalue weighted by atomic mass is 16.6. The van der Waals surface area contributed by atoms with Crippen molar-refractivity contribution in [3.8, 4) is 0 Å². The van der Waals surface area contributed by atoms with Crippen LogP contribution in [0.2, 0.25) is 0 Å². The number of amides is 2. The molecule has 0 spiro atoms. The molecule has 2 rings (SSSR count). The predicted octanol–water partition coefficient (Wildman–Crippen LogP) is 2.51. The number of nitro benzene ring substituents is 1. The minimum atomic E-state index is -1.21. The van der Waals surface area contributed by atoms with Crippen LogP contribution in [0.1, 0.15) is 28.4 Å². The van der Waals surface area contributed by atoms with E-state index in [4.69, 9.17) is 4.74 Å². The van der Waals surface area contributed by atoms with E-state index < -0.39 is 35.4 Å². The summed E-state index contributed by atoms with van der Waals surface area (Å²) in [5, 5.41) is 15.8. The SMILES string of the molecule is Cc1ccc(C(=O)NCC(=O)O[C@H](C)C(=O)Nc2ccccc2[N+](=O)[O-])cc1C. The highest BCUT2D eigenvalue weighted by Gasteiger charge is 2.22. The van der Waals surface area contributed by atoms with Gasteiger partial charge in [-0.1, -0.05) is 18.2 Å². The largest absolute Gasteiger partial charge is 0.451 e. The van der Waals surface area contributed by atoms with Gasteiger partial charge in [-0.25, -0.2) is 0 Å². The number of anilines is 1. The van der Waals surface area contributed by atoms with E-state index in [-0.39, 0.29) is 11.4 Å². The van der Waals surface area contributed by atoms with Crippen LogP contribution in [-0.2, 0) is 14.3 Å². The van der Waals surface area contributed by atoms with Crippen LogP contribution in [0.3, 0.4) is 0 Å². The lowest BCUT2D eigenvalue weighted by atomic mass is 10.1. The van der Waals surface area contributed by atoms with E-state index in [0.29, 0.717) is 5.56 Å². The summed E-state index contributed by atoms with van der Waals surface area (Å²) in [6.07, 6.45) is -1.21. The van der Waals surface area contributed by atoms with Gasteiger partial charge in [0, 0.05) is 11.6 Å². The van der Waals surface area contributed by atoms with Crippen molar-refractivity contribution < 1.29 is 24.0 Å². The van der Waals surface area contributed by atoms with Crippen LogP contribution >= 0.6 is 0 Å². The molecule has 9 nitrogen and oxygen atoms in total. The van der Waals surface area contributed by atoms with Crippen molar-refractivity contribution in [2.45, 2.75) is 26.9 Å². The Morgan fingerprint density at radius 2 is 1.79 bits per heavy atom. The molecule has 0 saturated heterocycles. The number of benzene rings is 2. The molecule has 2 N–H and O–H groups in total. The first kappa shape index (κ1) is 21.5. The van der Waals surface area contributed by atoms with Crippen LogP contribution in [0, 0.1) is 24.0 Å². The van der Waals surface area contributed by atoms with E-state index in [1.54, 1.807) is 18.2 Å². The van der Waals surface area contributed by atoms with Crippen LogP contribution < -0.4 is 10.6 Å². The Kier molecular flexibility index (Phi) is 7.02. The van der Waals surface area contributed by atoms with E-state index in [9.17, 15) is 24.5 Å². The van der Waals surface area contributed by atoms with Gasteiger partial charge in [0.1, 0.15) is 12.2 Å². The van der Waals surface area contributed by atoms with Crippen molar-refractivity contribution in [3.63, 3.8) is 0 Å². The lowest BCUT2D eigenvalue weighted by molar-refractivity contribution is -0.383. The molecule has 29 heavy (non-hydrogen) atoms. The number of hydrogen-bond acceptors (Lipinski definition) is 6. The molecular formula is C20H21N3O6. The maximum absolute atomic E-state index is 12.2. The number of nitro groups is 1. The highest BCUT2D eigenvalue weighted by Crippen LogP contribution is 2.23. The van der Waals surface area contributed by atoms with E-state index >= 15 is 0 Å². The van der Waals surface area contributed by atoms with Gasteiger partial charge in [-0.3, -0.25) is 24.5 Å². The van der Waals surface area contributed by atoms with Gasteiger partial charge in [-0.05, 0) is 50.1 Å². The van der Waals surface area contributed by atoms with Crippen LogP contribution in [-0.4, -0.2) is 35.4 Å². The number of nitrogens with zero attached hydrogens (tertiary/aromatic N) is 1. The van der Waals surface area contributed by atoms with E-state index in [1.807, 2.05) is 13.8 Å². The lowest BCUT2D eigenvalue weighted by Gasteiger charge is -2.14. The van der Waals surface area contributed by atoms with E-state index in [2.05, 4.69) is 10.6 Å². The molecule has 2 amide bonds. The molecule has 0 heterocycles. The molecule has 2 aromatic rings. The molecule has 152 valence electrons. The Morgan fingerprint density at radius 1 is 1.10 bits per heavy atom. The smallest absolute Gasteiger partial charge is 0.326 e. The van der Waals surface area contributed by atoms with Crippen LogP contribution in [0.15, 0.2) is 42.5 Å². The summed E-state index contributed by atoms with van der Waals surface area (Å²) in [6, 6.07) is 10.8. The van der Waals surface area contributed by atoms with Crippen LogP contribution in [0.4, 0.5) is 11.4 Å². The van der Waals surface area contributed by atoms with Crippen molar-refractivity contribution in [1.82, 2.24) is 5.32 Å². The van der Waals surface area contributed by atoms with Crippen molar-refractivity contribution in [2.75, 3.05) is 11.9 Å². The molecule has 0 aliphatic heterocycles. The Labute approximate surface area is 167 Å². The van der Waals surface area contributed by atoms with E-state index in [0.717, 1.165) is 11.1 Å². The number of aryl methyl sites for hydroxylation is 2. The maximum Gasteiger partial charge on any atom is 0.326 e. The number of ether oxygens (including phenoxy) is 1. The first-order valence-electron chi connectivity index (χ1n) is 8.78. The van der Waals surface area contributed by atoms with Crippen molar-refractivity contribution >= 4 is 29.2 Å². The number of hydrogen-bond donors (Lipinski definition) is 2. The Morgan fingerprint density at radius 3 is 2.45 bits per heavy atom. The minimum absolute atomic E-state index is 0.00607. The molecule has 9 heteroatoms. The third kappa shape index (κ3) is 5.86. The highest BCUT2D eigenvalue weighted by molar-refractivity contribution is 5.98. The van der Waals surface area contributed by atoms with Gasteiger partial charge in [0.2, 0.25) is 0 Å². The molecule has 0 unspecified atom stereocenters. The monoisotopic (exact) mass is 399 g/mol. The Balaban J connectivity index is 1.88. The maximum atomic E-state index is 12.2. The number of esters is 1. The second-order valence-corrected chi connectivity index (χ2v) is 6.38. The number of carbonyl (C=O) groups is 3. The first-order chi connectivity index (χ1) is 13.7. The number of para-hydroxylation sites is 2. The summed E-state index contributed by atoms with van der Waals surface area (Å²) in [5.41, 5.74) is 2.11. The van der Waals surface area contributed by atoms with Gasteiger partial charge in [0.05, 0.1) is 4.92 Å². The Hall–Kier alpha value is -3.75. The zero-order valence-corrected chi connectivity index (χ0v) is 16.2. The molecule has 0 aliphatic rings. The van der Waals surface area contributed by atoms with Crippen LogP contribution in [0.25, 0.3) is 0 Å². The predicted molar refractivity (Wildman–Crippen MR) is 106 cm³/mol.